The maximum absolute atomic E-state index is 10.6. The van der Waals surface area contributed by atoms with E-state index in [2.05, 4.69) is 5.32 Å². The van der Waals surface area contributed by atoms with Crippen molar-refractivity contribution in [1.82, 2.24) is 5.32 Å². The molecule has 0 amide bonds. The Kier molecular flexibility index (Phi) is 5.92. The fraction of sp³-hybridized carbons (Fsp3) is 0.857. The molecule has 0 saturated heterocycles. The predicted molar refractivity (Wildman–Crippen MR) is 48.7 cm³/mol. The van der Waals surface area contributed by atoms with Crippen LogP contribution in [0.5, 0.6) is 0 Å². The fourth-order valence-electron chi connectivity index (χ4n) is 0.783. The molecule has 12 heavy (non-hydrogen) atoms. The summed E-state index contributed by atoms with van der Waals surface area (Å²) in [6, 6.07) is -0.506. The SMILES string of the molecule is CCC(NCCS(C)=O)C(=O)O. The highest BCUT2D eigenvalue weighted by molar-refractivity contribution is 7.84. The van der Waals surface area contributed by atoms with Gasteiger partial charge in [0.2, 0.25) is 0 Å². The fourth-order valence-corrected chi connectivity index (χ4v) is 1.19. The molecule has 0 aliphatic heterocycles. The standard InChI is InChI=1S/C7H15NO3S/c1-3-6(7(9)10)8-4-5-12(2)11/h6,8H,3-5H2,1-2H3,(H,9,10). The van der Waals surface area contributed by atoms with Gasteiger partial charge >= 0.3 is 5.97 Å². The third kappa shape index (κ3) is 5.26. The molecule has 0 rings (SSSR count). The monoisotopic (exact) mass is 193 g/mol. The minimum Gasteiger partial charge on any atom is -0.480 e. The number of carbonyl (C=O) groups is 1. The van der Waals surface area contributed by atoms with Crippen LogP contribution in [0.25, 0.3) is 0 Å². The van der Waals surface area contributed by atoms with Gasteiger partial charge in [-0.3, -0.25) is 9.00 Å². The second-order valence-electron chi connectivity index (χ2n) is 2.53. The topological polar surface area (TPSA) is 66.4 Å². The van der Waals surface area contributed by atoms with E-state index in [0.29, 0.717) is 18.7 Å². The lowest BCUT2D eigenvalue weighted by atomic mass is 10.2. The summed E-state index contributed by atoms with van der Waals surface area (Å²) >= 11 is 0. The van der Waals surface area contributed by atoms with Crippen molar-refractivity contribution in [3.63, 3.8) is 0 Å². The van der Waals surface area contributed by atoms with Crippen LogP contribution in [-0.4, -0.2) is 39.9 Å². The summed E-state index contributed by atoms with van der Waals surface area (Å²) in [5.74, 6) is -0.344. The molecule has 0 aliphatic rings. The van der Waals surface area contributed by atoms with E-state index in [4.69, 9.17) is 5.11 Å². The van der Waals surface area contributed by atoms with Gasteiger partial charge in [-0.05, 0) is 6.42 Å². The van der Waals surface area contributed by atoms with E-state index >= 15 is 0 Å². The van der Waals surface area contributed by atoms with Crippen molar-refractivity contribution in [3.05, 3.63) is 0 Å². The number of carboxylic acids is 1. The van der Waals surface area contributed by atoms with Gasteiger partial charge < -0.3 is 10.4 Å². The molecule has 0 aromatic carbocycles. The maximum Gasteiger partial charge on any atom is 0.320 e. The zero-order valence-corrected chi connectivity index (χ0v) is 8.19. The molecule has 4 nitrogen and oxygen atoms in total. The van der Waals surface area contributed by atoms with Crippen molar-refractivity contribution >= 4 is 16.8 Å². The summed E-state index contributed by atoms with van der Waals surface area (Å²) in [6.45, 7) is 2.29. The average molecular weight is 193 g/mol. The second kappa shape index (κ2) is 6.14. The van der Waals surface area contributed by atoms with Gasteiger partial charge in [0, 0.05) is 29.4 Å². The summed E-state index contributed by atoms with van der Waals surface area (Å²) < 4.78 is 10.6. The van der Waals surface area contributed by atoms with Gasteiger partial charge in [0.25, 0.3) is 0 Å². The van der Waals surface area contributed by atoms with Crippen molar-refractivity contribution < 1.29 is 14.1 Å². The van der Waals surface area contributed by atoms with Crippen molar-refractivity contribution in [1.29, 1.82) is 0 Å². The highest BCUT2D eigenvalue weighted by atomic mass is 32.2. The van der Waals surface area contributed by atoms with E-state index in [0.717, 1.165) is 0 Å². The molecule has 0 bridgehead atoms. The van der Waals surface area contributed by atoms with Crippen molar-refractivity contribution in [2.45, 2.75) is 19.4 Å². The van der Waals surface area contributed by atoms with Gasteiger partial charge in [0.15, 0.2) is 0 Å². The van der Waals surface area contributed by atoms with Crippen LogP contribution in [0.3, 0.4) is 0 Å². The van der Waals surface area contributed by atoms with Crippen LogP contribution in [0.15, 0.2) is 0 Å². The van der Waals surface area contributed by atoms with Crippen LogP contribution in [0, 0.1) is 0 Å². The Morgan fingerprint density at radius 2 is 2.25 bits per heavy atom. The molecule has 72 valence electrons. The van der Waals surface area contributed by atoms with Crippen LogP contribution in [0.2, 0.25) is 0 Å². The van der Waals surface area contributed by atoms with E-state index in [-0.39, 0.29) is 0 Å². The number of aliphatic carboxylic acids is 1. The summed E-state index contributed by atoms with van der Waals surface area (Å²) in [5.41, 5.74) is 0. The molecule has 2 atom stereocenters. The van der Waals surface area contributed by atoms with E-state index in [1.54, 1.807) is 13.2 Å². The van der Waals surface area contributed by atoms with Crippen LogP contribution < -0.4 is 5.32 Å². The van der Waals surface area contributed by atoms with Crippen molar-refractivity contribution in [3.8, 4) is 0 Å². The number of nitrogens with one attached hydrogen (secondary N) is 1. The first-order valence-electron chi connectivity index (χ1n) is 3.84. The molecule has 0 radical (unpaired) electrons. The molecule has 0 aliphatic carbocycles. The third-order valence-electron chi connectivity index (χ3n) is 1.49. The Bertz CT molecular complexity index is 172. The highest BCUT2D eigenvalue weighted by Gasteiger charge is 2.12. The smallest absolute Gasteiger partial charge is 0.320 e. The van der Waals surface area contributed by atoms with E-state index in [1.165, 1.54) is 0 Å². The molecular formula is C7H15NO3S. The van der Waals surface area contributed by atoms with Crippen LogP contribution in [-0.2, 0) is 15.6 Å². The van der Waals surface area contributed by atoms with E-state index in [9.17, 15) is 9.00 Å². The molecule has 2 unspecified atom stereocenters. The van der Waals surface area contributed by atoms with Gasteiger partial charge in [-0.1, -0.05) is 6.92 Å². The first-order chi connectivity index (χ1) is 5.57. The van der Waals surface area contributed by atoms with Gasteiger partial charge in [-0.2, -0.15) is 0 Å². The molecule has 0 saturated carbocycles. The largest absolute Gasteiger partial charge is 0.480 e. The number of hydrogen-bond acceptors (Lipinski definition) is 3. The zero-order chi connectivity index (χ0) is 9.56. The van der Waals surface area contributed by atoms with E-state index in [1.807, 2.05) is 0 Å². The average Bonchev–Trinajstić information content (AvgIpc) is 1.96. The van der Waals surface area contributed by atoms with Gasteiger partial charge in [0.05, 0.1) is 0 Å². The summed E-state index contributed by atoms with van der Waals surface area (Å²) in [7, 11) is -0.853. The molecule has 0 aromatic heterocycles. The molecule has 5 heteroatoms. The van der Waals surface area contributed by atoms with Crippen LogP contribution in [0.4, 0.5) is 0 Å². The molecule has 0 spiro atoms. The van der Waals surface area contributed by atoms with E-state index < -0.39 is 22.8 Å². The molecule has 0 heterocycles. The lowest BCUT2D eigenvalue weighted by Gasteiger charge is -2.10. The van der Waals surface area contributed by atoms with Gasteiger partial charge in [-0.25, -0.2) is 0 Å². The molecule has 2 N–H and O–H groups in total. The Balaban J connectivity index is 3.59. The minimum absolute atomic E-state index is 0.494. The zero-order valence-electron chi connectivity index (χ0n) is 7.37. The number of hydrogen-bond donors (Lipinski definition) is 2. The summed E-state index contributed by atoms with van der Waals surface area (Å²) in [5, 5.41) is 11.4. The van der Waals surface area contributed by atoms with Crippen LogP contribution in [0.1, 0.15) is 13.3 Å². The molecular weight excluding hydrogens is 178 g/mol. The second-order valence-corrected chi connectivity index (χ2v) is 4.09. The van der Waals surface area contributed by atoms with Crippen molar-refractivity contribution in [2.24, 2.45) is 0 Å². The van der Waals surface area contributed by atoms with Crippen LogP contribution >= 0.6 is 0 Å². The highest BCUT2D eigenvalue weighted by Crippen LogP contribution is 1.89. The first-order valence-corrected chi connectivity index (χ1v) is 5.56. The molecule has 0 aromatic rings. The molecule has 0 fully saturated rings. The Morgan fingerprint density at radius 3 is 2.58 bits per heavy atom. The Labute approximate surface area is 74.8 Å². The third-order valence-corrected chi connectivity index (χ3v) is 2.27. The lowest BCUT2D eigenvalue weighted by Crippen LogP contribution is -2.38. The predicted octanol–water partition coefficient (Wildman–Crippen LogP) is -0.182. The Hall–Kier alpha value is -0.420. The minimum atomic E-state index is -0.853. The normalized spacial score (nSPS) is 15.5. The quantitative estimate of drug-likeness (QED) is 0.614. The number of rotatable bonds is 6. The van der Waals surface area contributed by atoms with Gasteiger partial charge in [0.1, 0.15) is 6.04 Å². The first kappa shape index (κ1) is 11.6. The van der Waals surface area contributed by atoms with Crippen molar-refractivity contribution in [2.75, 3.05) is 18.6 Å². The number of carboxylic acid groups (broad SMARTS) is 1. The maximum atomic E-state index is 10.6. The summed E-state index contributed by atoms with van der Waals surface area (Å²) in [6.07, 6.45) is 2.15. The Morgan fingerprint density at radius 1 is 1.67 bits per heavy atom. The summed E-state index contributed by atoms with van der Waals surface area (Å²) in [4.78, 5) is 10.5. The van der Waals surface area contributed by atoms with Gasteiger partial charge in [-0.15, -0.1) is 0 Å². The lowest BCUT2D eigenvalue weighted by molar-refractivity contribution is -0.139.